The third-order valence-electron chi connectivity index (χ3n) is 8.77. The van der Waals surface area contributed by atoms with Crippen molar-refractivity contribution in [1.29, 1.82) is 0 Å². The van der Waals surface area contributed by atoms with E-state index in [1.807, 2.05) is 0 Å². The number of rotatable bonds is 5. The first-order valence-corrected chi connectivity index (χ1v) is 12.2. The van der Waals surface area contributed by atoms with Crippen LogP contribution in [-0.4, -0.2) is 63.8 Å². The molecule has 2 fully saturated rings. The number of aliphatic carboxylic acids is 1. The number of esters is 3. The fourth-order valence-electron chi connectivity index (χ4n) is 7.26. The number of ketones is 1. The summed E-state index contributed by atoms with van der Waals surface area (Å²) in [5.74, 6) is -5.00. The molecule has 0 radical (unpaired) electrons. The van der Waals surface area contributed by atoms with E-state index in [-0.39, 0.29) is 12.0 Å². The molecule has 0 saturated heterocycles. The van der Waals surface area contributed by atoms with Crippen LogP contribution in [0.5, 0.6) is 0 Å². The molecule has 36 heavy (non-hydrogen) atoms. The van der Waals surface area contributed by atoms with Crippen LogP contribution >= 0.6 is 0 Å². The van der Waals surface area contributed by atoms with Gasteiger partial charge in [-0.3, -0.25) is 24.0 Å². The zero-order chi connectivity index (χ0) is 27.4. The number of carbonyl (C=O) groups is 5. The molecular weight excluding hydrogens is 472 g/mol. The van der Waals surface area contributed by atoms with Gasteiger partial charge in [0.2, 0.25) is 0 Å². The third kappa shape index (κ3) is 4.13. The standard InChI is InChI=1S/C26H36O10/c1-12-16(10-20(31)32)18(30)11-17-21(12)22(35-14(3)28)23(36-15(4)29)26(33)24(5,6)9-8-19(25(17,26)7)34-13(2)27/h17,19,21-23,33H,8-11H2,1-7H3,(H,31,32)/t17-,19-,21-,22+,23-,25-,26+/m0/s1. The molecule has 7 atom stereocenters. The summed E-state index contributed by atoms with van der Waals surface area (Å²) < 4.78 is 17.2. The lowest BCUT2D eigenvalue weighted by Gasteiger charge is -2.69. The minimum absolute atomic E-state index is 0.0932. The molecule has 0 bridgehead atoms. The van der Waals surface area contributed by atoms with E-state index in [4.69, 9.17) is 14.2 Å². The molecule has 0 aromatic heterocycles. The summed E-state index contributed by atoms with van der Waals surface area (Å²) in [5, 5.41) is 22.1. The van der Waals surface area contributed by atoms with Crippen LogP contribution in [0.25, 0.3) is 0 Å². The van der Waals surface area contributed by atoms with Crippen LogP contribution in [0.2, 0.25) is 0 Å². The van der Waals surface area contributed by atoms with Crippen LogP contribution in [0.4, 0.5) is 0 Å². The van der Waals surface area contributed by atoms with E-state index < -0.39 is 82.7 Å². The van der Waals surface area contributed by atoms with E-state index in [9.17, 15) is 34.2 Å². The SMILES string of the molecule is CC(=O)O[C@@H]1[C@H]2C(C)=C(CC(=O)O)C(=O)C[C@@H]2[C@@]2(C)[C@@H](OC(C)=O)CCC(C)(C)[C@]2(O)[C@H]1OC(C)=O. The summed E-state index contributed by atoms with van der Waals surface area (Å²) in [7, 11) is 0. The lowest BCUT2D eigenvalue weighted by atomic mass is 9.39. The maximum absolute atomic E-state index is 13.3. The smallest absolute Gasteiger partial charge is 0.307 e. The number of hydrogen-bond donors (Lipinski definition) is 2. The molecule has 0 spiro atoms. The van der Waals surface area contributed by atoms with E-state index >= 15 is 0 Å². The molecule has 2 N–H and O–H groups in total. The molecule has 0 aliphatic heterocycles. The molecule has 0 aromatic carbocycles. The van der Waals surface area contributed by atoms with Gasteiger partial charge in [-0.2, -0.15) is 0 Å². The zero-order valence-corrected chi connectivity index (χ0v) is 21.9. The minimum Gasteiger partial charge on any atom is -0.481 e. The number of Topliss-reactive ketones (excluding diaryl/α,β-unsaturated/α-hetero) is 1. The summed E-state index contributed by atoms with van der Waals surface area (Å²) in [6.45, 7) is 10.6. The van der Waals surface area contributed by atoms with Gasteiger partial charge in [-0.15, -0.1) is 0 Å². The molecule has 200 valence electrons. The Labute approximate surface area is 210 Å². The minimum atomic E-state index is -1.88. The summed E-state index contributed by atoms with van der Waals surface area (Å²) in [6, 6.07) is 0. The molecule has 10 heteroatoms. The molecular formula is C26H36O10. The molecule has 3 aliphatic carbocycles. The Morgan fingerprint density at radius 3 is 2.03 bits per heavy atom. The molecule has 10 nitrogen and oxygen atoms in total. The average molecular weight is 509 g/mol. The number of carboxylic acids is 1. The topological polar surface area (TPSA) is 154 Å². The van der Waals surface area contributed by atoms with Crippen molar-refractivity contribution in [3.8, 4) is 0 Å². The number of aliphatic hydroxyl groups is 1. The molecule has 0 amide bonds. The first-order valence-electron chi connectivity index (χ1n) is 12.2. The lowest BCUT2D eigenvalue weighted by molar-refractivity contribution is -0.333. The van der Waals surface area contributed by atoms with E-state index in [1.165, 1.54) is 20.8 Å². The first-order chi connectivity index (χ1) is 16.5. The Morgan fingerprint density at radius 1 is 0.972 bits per heavy atom. The van der Waals surface area contributed by atoms with Gasteiger partial charge in [0, 0.05) is 44.1 Å². The van der Waals surface area contributed by atoms with E-state index in [0.717, 1.165) is 0 Å². The number of carbonyl (C=O) groups excluding carboxylic acids is 4. The summed E-state index contributed by atoms with van der Waals surface area (Å²) in [6.07, 6.45) is -3.28. The highest BCUT2D eigenvalue weighted by Crippen LogP contribution is 2.67. The summed E-state index contributed by atoms with van der Waals surface area (Å²) in [4.78, 5) is 61.6. The van der Waals surface area contributed by atoms with E-state index in [2.05, 4.69) is 0 Å². The van der Waals surface area contributed by atoms with Gasteiger partial charge in [-0.25, -0.2) is 0 Å². The molecule has 0 aromatic rings. The maximum atomic E-state index is 13.3. The highest BCUT2D eigenvalue weighted by atomic mass is 16.6. The Hall–Kier alpha value is -2.75. The van der Waals surface area contributed by atoms with Crippen LogP contribution in [0, 0.1) is 22.7 Å². The van der Waals surface area contributed by atoms with Crippen LogP contribution in [0.1, 0.15) is 74.1 Å². The van der Waals surface area contributed by atoms with Crippen LogP contribution < -0.4 is 0 Å². The van der Waals surface area contributed by atoms with Crippen LogP contribution in [0.3, 0.4) is 0 Å². The van der Waals surface area contributed by atoms with Gasteiger partial charge in [0.1, 0.15) is 17.8 Å². The molecule has 0 heterocycles. The Morgan fingerprint density at radius 2 is 1.53 bits per heavy atom. The number of hydrogen-bond acceptors (Lipinski definition) is 9. The Kier molecular flexibility index (Phi) is 7.18. The fourth-order valence-corrected chi connectivity index (χ4v) is 7.26. The molecule has 0 unspecified atom stereocenters. The number of carboxylic acid groups (broad SMARTS) is 1. The van der Waals surface area contributed by atoms with Crippen molar-refractivity contribution in [2.24, 2.45) is 22.7 Å². The second kappa shape index (κ2) is 9.28. The third-order valence-corrected chi connectivity index (χ3v) is 8.77. The van der Waals surface area contributed by atoms with Crippen molar-refractivity contribution >= 4 is 29.7 Å². The monoisotopic (exact) mass is 508 g/mol. The van der Waals surface area contributed by atoms with Crippen molar-refractivity contribution in [1.82, 2.24) is 0 Å². The lowest BCUT2D eigenvalue weighted by Crippen LogP contribution is -2.80. The average Bonchev–Trinajstić information content (AvgIpc) is 2.72. The fraction of sp³-hybridized carbons (Fsp3) is 0.731. The highest BCUT2D eigenvalue weighted by Gasteiger charge is 2.77. The quantitative estimate of drug-likeness (QED) is 0.418. The summed E-state index contributed by atoms with van der Waals surface area (Å²) in [5.41, 5.74) is -3.61. The van der Waals surface area contributed by atoms with Crippen LogP contribution in [0.15, 0.2) is 11.1 Å². The van der Waals surface area contributed by atoms with Gasteiger partial charge in [-0.05, 0) is 31.1 Å². The van der Waals surface area contributed by atoms with Gasteiger partial charge < -0.3 is 24.4 Å². The summed E-state index contributed by atoms with van der Waals surface area (Å²) >= 11 is 0. The van der Waals surface area contributed by atoms with Crippen molar-refractivity contribution in [2.45, 2.75) is 98.1 Å². The number of fused-ring (bicyclic) bond motifs is 3. The van der Waals surface area contributed by atoms with Gasteiger partial charge in [0.25, 0.3) is 0 Å². The maximum Gasteiger partial charge on any atom is 0.307 e. The predicted molar refractivity (Wildman–Crippen MR) is 124 cm³/mol. The Balaban J connectivity index is 2.39. The molecule has 3 aliphatic rings. The van der Waals surface area contributed by atoms with Crippen molar-refractivity contribution in [3.63, 3.8) is 0 Å². The zero-order valence-electron chi connectivity index (χ0n) is 21.9. The predicted octanol–water partition coefficient (Wildman–Crippen LogP) is 2.35. The largest absolute Gasteiger partial charge is 0.481 e. The van der Waals surface area contributed by atoms with E-state index in [0.29, 0.717) is 18.4 Å². The Bertz CT molecular complexity index is 1030. The van der Waals surface area contributed by atoms with Gasteiger partial charge in [0.05, 0.1) is 6.42 Å². The van der Waals surface area contributed by atoms with Crippen molar-refractivity contribution in [3.05, 3.63) is 11.1 Å². The molecule has 3 rings (SSSR count). The van der Waals surface area contributed by atoms with Crippen LogP contribution in [-0.2, 0) is 38.2 Å². The second-order valence-corrected chi connectivity index (χ2v) is 11.2. The van der Waals surface area contributed by atoms with E-state index in [1.54, 1.807) is 27.7 Å². The number of ether oxygens (including phenoxy) is 3. The van der Waals surface area contributed by atoms with Crippen molar-refractivity contribution < 1.29 is 48.4 Å². The first kappa shape index (κ1) is 27.8. The normalized spacial score (nSPS) is 37.3. The second-order valence-electron chi connectivity index (χ2n) is 11.2. The highest BCUT2D eigenvalue weighted by molar-refractivity contribution is 6.01. The van der Waals surface area contributed by atoms with Crippen molar-refractivity contribution in [2.75, 3.05) is 0 Å². The van der Waals surface area contributed by atoms with Gasteiger partial charge in [0.15, 0.2) is 11.9 Å². The van der Waals surface area contributed by atoms with Gasteiger partial charge >= 0.3 is 23.9 Å². The molecule has 2 saturated carbocycles. The van der Waals surface area contributed by atoms with Gasteiger partial charge in [-0.1, -0.05) is 26.3 Å².